The summed E-state index contributed by atoms with van der Waals surface area (Å²) in [5, 5.41) is 5.54. The summed E-state index contributed by atoms with van der Waals surface area (Å²) in [5.41, 5.74) is -0.308. The molecule has 1 aromatic heterocycles. The molecule has 0 aliphatic heterocycles. The fraction of sp³-hybridized carbons (Fsp3) is 0.667. The Labute approximate surface area is 102 Å². The molecule has 1 aromatic rings. The van der Waals surface area contributed by atoms with Crippen molar-refractivity contribution in [1.82, 2.24) is 15.3 Å². The number of aromatic nitrogens is 2. The molecule has 3 N–H and O–H groups in total. The van der Waals surface area contributed by atoms with E-state index in [1.165, 1.54) is 0 Å². The molecule has 0 radical (unpaired) electrons. The molecule has 0 atom stereocenters. The monoisotopic (exact) mass is 238 g/mol. The average Bonchev–Trinajstić information content (AvgIpc) is 2.47. The Morgan fingerprint density at radius 3 is 2.24 bits per heavy atom. The highest BCUT2D eigenvalue weighted by atomic mass is 16.2. The molecule has 1 rings (SSSR count). The lowest BCUT2D eigenvalue weighted by Crippen LogP contribution is -2.43. The number of carbonyl (C=O) groups is 1. The largest absolute Gasteiger partial charge is 0.333 e. The van der Waals surface area contributed by atoms with Crippen LogP contribution in [0.25, 0.3) is 0 Å². The van der Waals surface area contributed by atoms with Crippen molar-refractivity contribution in [3.63, 3.8) is 0 Å². The molecule has 0 saturated carbocycles. The van der Waals surface area contributed by atoms with E-state index >= 15 is 0 Å². The molecule has 5 nitrogen and oxygen atoms in total. The summed E-state index contributed by atoms with van der Waals surface area (Å²) < 4.78 is 0. The number of carbonyl (C=O) groups excluding carboxylic acids is 1. The second kappa shape index (κ2) is 4.39. The maximum absolute atomic E-state index is 11.6. The van der Waals surface area contributed by atoms with Gasteiger partial charge in [0, 0.05) is 11.0 Å². The molecular formula is C12H22N4O. The van der Waals surface area contributed by atoms with Crippen LogP contribution in [0.15, 0.2) is 6.20 Å². The number of hydrogen-bond donors (Lipinski definition) is 3. The van der Waals surface area contributed by atoms with Gasteiger partial charge in [-0.3, -0.25) is 5.32 Å². The van der Waals surface area contributed by atoms with Gasteiger partial charge in [0.15, 0.2) is 0 Å². The van der Waals surface area contributed by atoms with Crippen molar-refractivity contribution < 1.29 is 4.79 Å². The second-order valence-electron chi connectivity index (χ2n) is 6.22. The Morgan fingerprint density at radius 2 is 1.82 bits per heavy atom. The number of aromatic amines is 1. The average molecular weight is 238 g/mol. The van der Waals surface area contributed by atoms with Crippen LogP contribution < -0.4 is 10.6 Å². The van der Waals surface area contributed by atoms with E-state index < -0.39 is 0 Å². The fourth-order valence-electron chi connectivity index (χ4n) is 1.26. The molecule has 0 unspecified atom stereocenters. The van der Waals surface area contributed by atoms with Gasteiger partial charge in [0.25, 0.3) is 0 Å². The van der Waals surface area contributed by atoms with Gasteiger partial charge in [-0.05, 0) is 20.8 Å². The van der Waals surface area contributed by atoms with Gasteiger partial charge in [0.05, 0.1) is 6.20 Å². The molecule has 0 saturated heterocycles. The van der Waals surface area contributed by atoms with E-state index in [0.717, 1.165) is 5.82 Å². The van der Waals surface area contributed by atoms with Crippen molar-refractivity contribution in [1.29, 1.82) is 0 Å². The predicted octanol–water partition coefficient (Wildman–Crippen LogP) is 2.63. The van der Waals surface area contributed by atoms with Crippen LogP contribution in [0.1, 0.15) is 47.4 Å². The van der Waals surface area contributed by atoms with Crippen molar-refractivity contribution in [2.24, 2.45) is 0 Å². The predicted molar refractivity (Wildman–Crippen MR) is 69.2 cm³/mol. The van der Waals surface area contributed by atoms with E-state index in [0.29, 0.717) is 5.82 Å². The Morgan fingerprint density at radius 1 is 1.24 bits per heavy atom. The number of hydrogen-bond acceptors (Lipinski definition) is 2. The van der Waals surface area contributed by atoms with Gasteiger partial charge in [-0.15, -0.1) is 0 Å². The first-order valence-corrected chi connectivity index (χ1v) is 5.72. The van der Waals surface area contributed by atoms with Crippen LogP contribution in [0.3, 0.4) is 0 Å². The summed E-state index contributed by atoms with van der Waals surface area (Å²) >= 11 is 0. The Hall–Kier alpha value is -1.52. The van der Waals surface area contributed by atoms with Gasteiger partial charge in [0.1, 0.15) is 11.6 Å². The van der Waals surface area contributed by atoms with Crippen LogP contribution in [0.2, 0.25) is 0 Å². The number of urea groups is 1. The van der Waals surface area contributed by atoms with Crippen molar-refractivity contribution >= 4 is 11.8 Å². The molecule has 2 amide bonds. The highest BCUT2D eigenvalue weighted by Crippen LogP contribution is 2.19. The molecule has 96 valence electrons. The number of rotatable bonds is 1. The minimum Gasteiger partial charge on any atom is -0.333 e. The topological polar surface area (TPSA) is 69.8 Å². The van der Waals surface area contributed by atoms with Gasteiger partial charge in [-0.2, -0.15) is 0 Å². The Kier molecular flexibility index (Phi) is 3.50. The number of nitrogens with zero attached hydrogens (tertiary/aromatic N) is 1. The van der Waals surface area contributed by atoms with Crippen LogP contribution in [-0.4, -0.2) is 21.5 Å². The van der Waals surface area contributed by atoms with Crippen LogP contribution >= 0.6 is 0 Å². The highest BCUT2D eigenvalue weighted by Gasteiger charge is 2.19. The molecule has 0 fully saturated rings. The molecule has 0 aliphatic rings. The number of imidazole rings is 1. The molecule has 0 bridgehead atoms. The maximum atomic E-state index is 11.6. The lowest BCUT2D eigenvalue weighted by atomic mass is 9.96. The summed E-state index contributed by atoms with van der Waals surface area (Å²) in [6.45, 7) is 12.0. The molecular weight excluding hydrogens is 216 g/mol. The quantitative estimate of drug-likeness (QED) is 0.704. The third kappa shape index (κ3) is 4.46. The second-order valence-corrected chi connectivity index (χ2v) is 6.22. The molecule has 0 aromatic carbocycles. The van der Waals surface area contributed by atoms with Gasteiger partial charge in [-0.1, -0.05) is 20.8 Å². The fourth-order valence-corrected chi connectivity index (χ4v) is 1.26. The number of amides is 2. The first-order valence-electron chi connectivity index (χ1n) is 5.72. The Balaban J connectivity index is 2.65. The summed E-state index contributed by atoms with van der Waals surface area (Å²) in [5.74, 6) is 1.46. The van der Waals surface area contributed by atoms with E-state index in [1.807, 2.05) is 20.8 Å². The first kappa shape index (κ1) is 13.5. The third-order valence-electron chi connectivity index (χ3n) is 2.02. The summed E-state index contributed by atoms with van der Waals surface area (Å²) in [7, 11) is 0. The summed E-state index contributed by atoms with van der Waals surface area (Å²) in [6, 6.07) is -0.235. The van der Waals surface area contributed by atoms with Gasteiger partial charge >= 0.3 is 6.03 Å². The van der Waals surface area contributed by atoms with Crippen LogP contribution in [0.4, 0.5) is 10.6 Å². The number of H-pyrrole nitrogens is 1. The minimum absolute atomic E-state index is 0.0551. The zero-order valence-corrected chi connectivity index (χ0v) is 11.4. The van der Waals surface area contributed by atoms with Gasteiger partial charge < -0.3 is 10.3 Å². The normalized spacial score (nSPS) is 12.4. The molecule has 5 heteroatoms. The van der Waals surface area contributed by atoms with E-state index in [-0.39, 0.29) is 17.0 Å². The van der Waals surface area contributed by atoms with Crippen LogP contribution in [0, 0.1) is 0 Å². The van der Waals surface area contributed by atoms with Crippen LogP contribution in [0.5, 0.6) is 0 Å². The van der Waals surface area contributed by atoms with Crippen molar-refractivity contribution in [2.45, 2.75) is 52.5 Å². The van der Waals surface area contributed by atoms with Crippen molar-refractivity contribution in [2.75, 3.05) is 5.32 Å². The van der Waals surface area contributed by atoms with Crippen molar-refractivity contribution in [3.05, 3.63) is 12.0 Å². The summed E-state index contributed by atoms with van der Waals surface area (Å²) in [4.78, 5) is 18.9. The number of nitrogens with one attached hydrogen (secondary N) is 3. The van der Waals surface area contributed by atoms with Crippen molar-refractivity contribution in [3.8, 4) is 0 Å². The lowest BCUT2D eigenvalue weighted by molar-refractivity contribution is 0.243. The standard InChI is InChI=1S/C12H22N4O/c1-11(2,3)9-13-7-8(14-9)15-10(17)16-12(4,5)6/h7H,1-6H3,(H,13,14)(H2,15,16,17). The maximum Gasteiger partial charge on any atom is 0.320 e. The zero-order chi connectivity index (χ0) is 13.3. The van der Waals surface area contributed by atoms with Gasteiger partial charge in [-0.25, -0.2) is 9.78 Å². The van der Waals surface area contributed by atoms with Gasteiger partial charge in [0.2, 0.25) is 0 Å². The first-order chi connectivity index (χ1) is 7.58. The lowest BCUT2D eigenvalue weighted by Gasteiger charge is -2.20. The zero-order valence-electron chi connectivity index (χ0n) is 11.4. The SMILES string of the molecule is CC(C)(C)NC(=O)Nc1cnc(C(C)(C)C)[nH]1. The van der Waals surface area contributed by atoms with E-state index in [2.05, 4.69) is 41.4 Å². The summed E-state index contributed by atoms with van der Waals surface area (Å²) in [6.07, 6.45) is 1.63. The molecule has 1 heterocycles. The Bertz CT molecular complexity index is 395. The van der Waals surface area contributed by atoms with Crippen LogP contribution in [-0.2, 0) is 5.41 Å². The van der Waals surface area contributed by atoms with E-state index in [4.69, 9.17) is 0 Å². The number of anilines is 1. The van der Waals surface area contributed by atoms with E-state index in [9.17, 15) is 4.79 Å². The molecule has 0 aliphatic carbocycles. The van der Waals surface area contributed by atoms with E-state index in [1.54, 1.807) is 6.20 Å². The minimum atomic E-state index is -0.253. The third-order valence-corrected chi connectivity index (χ3v) is 2.02. The smallest absolute Gasteiger partial charge is 0.320 e. The highest BCUT2D eigenvalue weighted by molar-refractivity contribution is 5.88. The molecule has 0 spiro atoms. The molecule has 17 heavy (non-hydrogen) atoms.